The summed E-state index contributed by atoms with van der Waals surface area (Å²) in [6.45, 7) is 3.37. The molecule has 156 valence electrons. The Kier molecular flexibility index (Phi) is 7.05. The number of nitrogens with one attached hydrogen (secondary N) is 1. The van der Waals surface area contributed by atoms with Gasteiger partial charge in [0, 0.05) is 33.2 Å². The lowest BCUT2D eigenvalue weighted by atomic mass is 10.00. The van der Waals surface area contributed by atoms with Gasteiger partial charge >= 0.3 is 0 Å². The van der Waals surface area contributed by atoms with Gasteiger partial charge in [-0.15, -0.1) is 0 Å². The molecule has 1 aliphatic rings. The zero-order chi connectivity index (χ0) is 20.9. The summed E-state index contributed by atoms with van der Waals surface area (Å²) in [5.74, 6) is -0.298. The van der Waals surface area contributed by atoms with Crippen molar-refractivity contribution < 1.29 is 13.2 Å². The first-order valence-electron chi connectivity index (χ1n) is 9.91. The first kappa shape index (κ1) is 21.5. The highest BCUT2D eigenvalue weighted by atomic mass is 32.2. The number of rotatable bonds is 8. The number of hydrogen-bond acceptors (Lipinski definition) is 4. The second-order valence-electron chi connectivity index (χ2n) is 7.53. The molecule has 7 heteroatoms. The fourth-order valence-corrected chi connectivity index (χ4v) is 4.31. The molecule has 0 bridgehead atoms. The molecule has 0 radical (unpaired) electrons. The van der Waals surface area contributed by atoms with Crippen LogP contribution in [0.5, 0.6) is 0 Å². The predicted octanol–water partition coefficient (Wildman–Crippen LogP) is 2.18. The van der Waals surface area contributed by atoms with Crippen LogP contribution in [0.15, 0.2) is 54.6 Å². The van der Waals surface area contributed by atoms with Gasteiger partial charge in [-0.3, -0.25) is 9.69 Å². The fraction of sp³-hybridized carbons (Fsp3) is 0.409. The third-order valence-electron chi connectivity index (χ3n) is 5.41. The maximum atomic E-state index is 12.8. The zero-order valence-corrected chi connectivity index (χ0v) is 17.9. The summed E-state index contributed by atoms with van der Waals surface area (Å²) in [4.78, 5) is 15.2. The molecule has 0 aromatic heterocycles. The largest absolute Gasteiger partial charge is 0.354 e. The molecule has 0 saturated heterocycles. The van der Waals surface area contributed by atoms with Crippen LogP contribution in [0.1, 0.15) is 29.2 Å². The fourth-order valence-electron chi connectivity index (χ4n) is 3.71. The molecule has 0 aliphatic carbocycles. The highest BCUT2D eigenvalue weighted by molar-refractivity contribution is 7.88. The molecule has 6 nitrogen and oxygen atoms in total. The smallest absolute Gasteiger partial charge is 0.242 e. The van der Waals surface area contributed by atoms with E-state index in [9.17, 15) is 13.2 Å². The highest BCUT2D eigenvalue weighted by Crippen LogP contribution is 2.22. The standard InChI is InChI=1S/C22H29N3O3S/c1-24(29(2,27)28)21(19-10-4-3-5-11-19)22(26)23-14-8-15-25-16-13-18-9-6-7-12-20(18)17-25/h3-7,9-12,21H,8,13-17H2,1-2H3,(H,23,26)/t21-/m0/s1. The molecule has 29 heavy (non-hydrogen) atoms. The number of carbonyl (C=O) groups is 1. The van der Waals surface area contributed by atoms with Crippen molar-refractivity contribution in [3.63, 3.8) is 0 Å². The van der Waals surface area contributed by atoms with Crippen LogP contribution in [0.2, 0.25) is 0 Å². The van der Waals surface area contributed by atoms with Crippen molar-refractivity contribution in [2.24, 2.45) is 0 Å². The molecule has 0 saturated carbocycles. The van der Waals surface area contributed by atoms with Crippen LogP contribution in [0.3, 0.4) is 0 Å². The molecule has 1 heterocycles. The van der Waals surface area contributed by atoms with Gasteiger partial charge in [0.2, 0.25) is 15.9 Å². The minimum Gasteiger partial charge on any atom is -0.354 e. The average molecular weight is 416 g/mol. The minimum absolute atomic E-state index is 0.298. The molecular weight excluding hydrogens is 386 g/mol. The summed E-state index contributed by atoms with van der Waals surface area (Å²) >= 11 is 0. The summed E-state index contributed by atoms with van der Waals surface area (Å²) < 4.78 is 25.2. The zero-order valence-electron chi connectivity index (χ0n) is 17.0. The third kappa shape index (κ3) is 5.65. The molecular formula is C22H29N3O3S. The average Bonchev–Trinajstić information content (AvgIpc) is 2.71. The number of benzene rings is 2. The van der Waals surface area contributed by atoms with Crippen molar-refractivity contribution in [1.29, 1.82) is 0 Å². The van der Waals surface area contributed by atoms with Crippen LogP contribution in [0.25, 0.3) is 0 Å². The summed E-state index contributed by atoms with van der Waals surface area (Å²) in [7, 11) is -2.06. The maximum Gasteiger partial charge on any atom is 0.242 e. The first-order valence-corrected chi connectivity index (χ1v) is 11.8. The van der Waals surface area contributed by atoms with E-state index < -0.39 is 16.1 Å². The lowest BCUT2D eigenvalue weighted by molar-refractivity contribution is -0.124. The van der Waals surface area contributed by atoms with E-state index >= 15 is 0 Å². The predicted molar refractivity (Wildman–Crippen MR) is 115 cm³/mol. The topological polar surface area (TPSA) is 69.7 Å². The molecule has 1 aliphatic heterocycles. The number of sulfonamides is 1. The number of carbonyl (C=O) groups excluding carboxylic acids is 1. The molecule has 1 N–H and O–H groups in total. The van der Waals surface area contributed by atoms with Crippen LogP contribution in [0, 0.1) is 0 Å². The Bertz CT molecular complexity index is 931. The Morgan fingerprint density at radius 1 is 1.10 bits per heavy atom. The normalized spacial score (nSPS) is 15.7. The van der Waals surface area contributed by atoms with E-state index in [4.69, 9.17) is 0 Å². The summed E-state index contributed by atoms with van der Waals surface area (Å²) in [6, 6.07) is 16.7. The Balaban J connectivity index is 1.54. The van der Waals surface area contributed by atoms with Gasteiger partial charge in [-0.25, -0.2) is 8.42 Å². The number of likely N-dealkylation sites (N-methyl/N-ethyl adjacent to an activating group) is 1. The molecule has 1 atom stereocenters. The van der Waals surface area contributed by atoms with Crippen molar-refractivity contribution in [1.82, 2.24) is 14.5 Å². The second kappa shape index (κ2) is 9.52. The maximum absolute atomic E-state index is 12.8. The van der Waals surface area contributed by atoms with Crippen LogP contribution in [-0.4, -0.2) is 56.5 Å². The van der Waals surface area contributed by atoms with Gasteiger partial charge in [0.25, 0.3) is 0 Å². The Morgan fingerprint density at radius 3 is 2.45 bits per heavy atom. The van der Waals surface area contributed by atoms with Crippen LogP contribution in [0.4, 0.5) is 0 Å². The van der Waals surface area contributed by atoms with Gasteiger partial charge in [0.15, 0.2) is 0 Å². The summed E-state index contributed by atoms with van der Waals surface area (Å²) in [6.07, 6.45) is 2.99. The minimum atomic E-state index is -3.51. The number of fused-ring (bicyclic) bond motifs is 1. The molecule has 2 aromatic rings. The quantitative estimate of drug-likeness (QED) is 0.671. The van der Waals surface area contributed by atoms with Crippen molar-refractivity contribution in [3.05, 3.63) is 71.3 Å². The Labute approximate surface area is 173 Å². The van der Waals surface area contributed by atoms with Crippen molar-refractivity contribution >= 4 is 15.9 Å². The van der Waals surface area contributed by atoms with E-state index in [1.54, 1.807) is 24.3 Å². The summed E-state index contributed by atoms with van der Waals surface area (Å²) in [5.41, 5.74) is 3.46. The van der Waals surface area contributed by atoms with Gasteiger partial charge in [-0.1, -0.05) is 54.6 Å². The second-order valence-corrected chi connectivity index (χ2v) is 9.57. The van der Waals surface area contributed by atoms with Crippen molar-refractivity contribution in [2.75, 3.05) is 32.9 Å². The van der Waals surface area contributed by atoms with Gasteiger partial charge in [-0.05, 0) is 29.5 Å². The lowest BCUT2D eigenvalue weighted by Crippen LogP contribution is -2.42. The number of nitrogens with zero attached hydrogens (tertiary/aromatic N) is 2. The Morgan fingerprint density at radius 2 is 1.76 bits per heavy atom. The summed E-state index contributed by atoms with van der Waals surface area (Å²) in [5, 5.41) is 2.92. The molecule has 1 amide bonds. The van der Waals surface area contributed by atoms with Crippen LogP contribution in [-0.2, 0) is 27.8 Å². The van der Waals surface area contributed by atoms with E-state index in [0.717, 1.165) is 43.0 Å². The van der Waals surface area contributed by atoms with E-state index in [-0.39, 0.29) is 5.91 Å². The molecule has 2 aromatic carbocycles. The molecule has 3 rings (SSSR count). The van der Waals surface area contributed by atoms with Gasteiger partial charge in [0.05, 0.1) is 6.26 Å². The van der Waals surface area contributed by atoms with E-state index in [2.05, 4.69) is 34.5 Å². The van der Waals surface area contributed by atoms with Crippen LogP contribution < -0.4 is 5.32 Å². The van der Waals surface area contributed by atoms with Gasteiger partial charge < -0.3 is 5.32 Å². The van der Waals surface area contributed by atoms with Gasteiger partial charge in [-0.2, -0.15) is 4.31 Å². The van der Waals surface area contributed by atoms with Crippen LogP contribution >= 0.6 is 0 Å². The number of hydrogen-bond donors (Lipinski definition) is 1. The third-order valence-corrected chi connectivity index (χ3v) is 6.67. The molecule has 0 fully saturated rings. The highest BCUT2D eigenvalue weighted by Gasteiger charge is 2.30. The van der Waals surface area contributed by atoms with E-state index in [1.165, 1.54) is 18.2 Å². The monoisotopic (exact) mass is 415 g/mol. The van der Waals surface area contributed by atoms with Crippen molar-refractivity contribution in [2.45, 2.75) is 25.4 Å². The van der Waals surface area contributed by atoms with Gasteiger partial charge in [0.1, 0.15) is 6.04 Å². The first-order chi connectivity index (χ1) is 13.9. The Hall–Kier alpha value is -2.22. The molecule has 0 unspecified atom stereocenters. The van der Waals surface area contributed by atoms with Crippen molar-refractivity contribution in [3.8, 4) is 0 Å². The SMILES string of the molecule is CN([C@H](C(=O)NCCCN1CCc2ccccc2C1)c1ccccc1)S(C)(=O)=O. The lowest BCUT2D eigenvalue weighted by Gasteiger charge is -2.29. The molecule has 0 spiro atoms. The van der Waals surface area contributed by atoms with E-state index in [1.807, 2.05) is 6.07 Å². The number of amides is 1. The van der Waals surface area contributed by atoms with E-state index in [0.29, 0.717) is 12.1 Å².